The molecule has 7 nitrogen and oxygen atoms in total. The van der Waals surface area contributed by atoms with Gasteiger partial charge in [-0.2, -0.15) is 5.26 Å². The van der Waals surface area contributed by atoms with Crippen molar-refractivity contribution >= 4 is 17.2 Å². The highest BCUT2D eigenvalue weighted by Gasteiger charge is 2.24. The van der Waals surface area contributed by atoms with Gasteiger partial charge in [-0.15, -0.1) is 0 Å². The summed E-state index contributed by atoms with van der Waals surface area (Å²) in [6, 6.07) is 14.9. The summed E-state index contributed by atoms with van der Waals surface area (Å²) in [7, 11) is 1.72. The van der Waals surface area contributed by atoms with Crippen LogP contribution >= 0.6 is 0 Å². The van der Waals surface area contributed by atoms with E-state index in [2.05, 4.69) is 20.2 Å². The van der Waals surface area contributed by atoms with Gasteiger partial charge in [0, 0.05) is 43.4 Å². The molecule has 0 bridgehead atoms. The number of hydrogen-bond donors (Lipinski definition) is 2. The van der Waals surface area contributed by atoms with Gasteiger partial charge >= 0.3 is 0 Å². The number of nitrogens with two attached hydrogens (primary N) is 1. The van der Waals surface area contributed by atoms with E-state index in [0.29, 0.717) is 46.5 Å². The normalized spacial score (nSPS) is 14.7. The number of hydrogen-bond acceptors (Lipinski definition) is 7. The van der Waals surface area contributed by atoms with E-state index in [1.807, 2.05) is 44.2 Å². The number of rotatable bonds is 7. The first-order valence-corrected chi connectivity index (χ1v) is 11.5. The summed E-state index contributed by atoms with van der Waals surface area (Å²) in [5.41, 5.74) is 8.66. The fourth-order valence-electron chi connectivity index (χ4n) is 3.90. The molecular formula is C26H31FN6O. The van der Waals surface area contributed by atoms with Gasteiger partial charge in [0.1, 0.15) is 24.3 Å². The topological polar surface area (TPSA) is 100 Å². The van der Waals surface area contributed by atoms with Gasteiger partial charge in [0.25, 0.3) is 0 Å². The van der Waals surface area contributed by atoms with E-state index in [1.54, 1.807) is 31.4 Å². The molecule has 4 rings (SSSR count). The van der Waals surface area contributed by atoms with Gasteiger partial charge < -0.3 is 20.7 Å². The van der Waals surface area contributed by atoms with E-state index in [0.717, 1.165) is 25.3 Å². The number of ether oxygens (including phenoxy) is 1. The summed E-state index contributed by atoms with van der Waals surface area (Å²) in [6.07, 6.45) is 2.79. The average Bonchev–Trinajstić information content (AvgIpc) is 3.38. The second-order valence-electron chi connectivity index (χ2n) is 7.73. The van der Waals surface area contributed by atoms with E-state index >= 15 is 0 Å². The van der Waals surface area contributed by atoms with Crippen LogP contribution in [-0.4, -0.2) is 36.7 Å². The smallest absolute Gasteiger partial charge is 0.166 e. The maximum Gasteiger partial charge on any atom is 0.166 e. The lowest BCUT2D eigenvalue weighted by molar-refractivity contribution is 0.256. The van der Waals surface area contributed by atoms with Crippen molar-refractivity contribution in [3.8, 4) is 23.1 Å². The first kappa shape index (κ1) is 24.8. The van der Waals surface area contributed by atoms with E-state index in [9.17, 15) is 9.65 Å². The Bertz CT molecular complexity index is 1130. The molecule has 0 amide bonds. The third kappa shape index (κ3) is 5.54. The van der Waals surface area contributed by atoms with Crippen molar-refractivity contribution in [1.82, 2.24) is 9.97 Å². The minimum Gasteiger partial charge on any atom is -0.493 e. The molecule has 1 aromatic carbocycles. The maximum atomic E-state index is 13.8. The van der Waals surface area contributed by atoms with Crippen molar-refractivity contribution in [3.05, 3.63) is 59.9 Å². The number of nitrogens with one attached hydrogen (secondary N) is 1. The molecule has 0 spiro atoms. The van der Waals surface area contributed by atoms with Crippen molar-refractivity contribution in [2.24, 2.45) is 5.92 Å². The summed E-state index contributed by atoms with van der Waals surface area (Å²) in [5.74, 6) is 1.84. The zero-order chi connectivity index (χ0) is 24.5. The number of nitriles is 1. The van der Waals surface area contributed by atoms with Crippen molar-refractivity contribution in [3.63, 3.8) is 0 Å². The van der Waals surface area contributed by atoms with Crippen LogP contribution in [0.25, 0.3) is 11.3 Å². The summed E-state index contributed by atoms with van der Waals surface area (Å²) in [4.78, 5) is 11.0. The SMILES string of the molecule is CC.CNc1cc(-c2ccc(OC[C@@H]3CCN(c4ccccn4)C3)c(CF)c2)nc(C#N)c1N. The molecule has 0 aliphatic carbocycles. The number of pyridine rings is 2. The fraction of sp³-hybridized carbons (Fsp3) is 0.346. The number of halogens is 1. The Morgan fingerprint density at radius 1 is 1.26 bits per heavy atom. The molecule has 1 atom stereocenters. The molecule has 1 aliphatic rings. The number of anilines is 3. The van der Waals surface area contributed by atoms with Crippen LogP contribution in [0.5, 0.6) is 5.75 Å². The minimum atomic E-state index is -0.660. The molecule has 3 N–H and O–H groups in total. The minimum absolute atomic E-state index is 0.132. The monoisotopic (exact) mass is 462 g/mol. The average molecular weight is 463 g/mol. The molecule has 0 radical (unpaired) electrons. The highest BCUT2D eigenvalue weighted by atomic mass is 19.1. The lowest BCUT2D eigenvalue weighted by Gasteiger charge is -2.18. The molecule has 178 valence electrons. The predicted molar refractivity (Wildman–Crippen MR) is 135 cm³/mol. The van der Waals surface area contributed by atoms with E-state index in [-0.39, 0.29) is 5.69 Å². The van der Waals surface area contributed by atoms with Gasteiger partial charge in [0.05, 0.1) is 23.7 Å². The lowest BCUT2D eigenvalue weighted by Crippen LogP contribution is -2.22. The molecule has 3 heterocycles. The van der Waals surface area contributed by atoms with Crippen LogP contribution in [0.4, 0.5) is 21.6 Å². The van der Waals surface area contributed by atoms with Crippen LogP contribution in [-0.2, 0) is 6.67 Å². The predicted octanol–water partition coefficient (Wildman–Crippen LogP) is 5.04. The molecule has 1 fully saturated rings. The molecule has 2 aromatic heterocycles. The lowest BCUT2D eigenvalue weighted by atomic mass is 10.1. The van der Waals surface area contributed by atoms with Crippen LogP contribution in [0.1, 0.15) is 31.5 Å². The third-order valence-electron chi connectivity index (χ3n) is 5.67. The number of aromatic nitrogens is 2. The number of nitrogens with zero attached hydrogens (tertiary/aromatic N) is 4. The third-order valence-corrected chi connectivity index (χ3v) is 5.67. The van der Waals surface area contributed by atoms with Crippen LogP contribution in [0.2, 0.25) is 0 Å². The molecule has 3 aromatic rings. The quantitative estimate of drug-likeness (QED) is 0.507. The summed E-state index contributed by atoms with van der Waals surface area (Å²) in [5, 5.41) is 12.3. The van der Waals surface area contributed by atoms with Crippen molar-refractivity contribution in [1.29, 1.82) is 5.26 Å². The Morgan fingerprint density at radius 2 is 2.09 bits per heavy atom. The highest BCUT2D eigenvalue weighted by molar-refractivity contribution is 5.77. The Balaban J connectivity index is 0.00000158. The van der Waals surface area contributed by atoms with E-state index < -0.39 is 6.67 Å². The molecular weight excluding hydrogens is 431 g/mol. The standard InChI is InChI=1S/C24H25FN6O.C2H6/c1-28-20-11-19(30-21(13-26)24(20)27)17-5-6-22(18(10-17)12-25)32-15-16-7-9-31(14-16)23-4-2-3-8-29-23;1-2/h2-6,8,10-11,16H,7,9,12,14-15,27H2,1H3,(H,28,30);1-2H3/t16-;/m1./s1. The first-order chi connectivity index (χ1) is 16.6. The zero-order valence-corrected chi connectivity index (χ0v) is 19.9. The summed E-state index contributed by atoms with van der Waals surface area (Å²) < 4.78 is 19.8. The molecule has 8 heteroatoms. The van der Waals surface area contributed by atoms with Gasteiger partial charge in [0.15, 0.2) is 5.69 Å². The van der Waals surface area contributed by atoms with Crippen LogP contribution in [0.15, 0.2) is 48.7 Å². The Morgan fingerprint density at radius 3 is 2.76 bits per heavy atom. The van der Waals surface area contributed by atoms with Gasteiger partial charge in [-0.25, -0.2) is 14.4 Å². The molecule has 34 heavy (non-hydrogen) atoms. The second-order valence-corrected chi connectivity index (χ2v) is 7.73. The van der Waals surface area contributed by atoms with Crippen LogP contribution in [0, 0.1) is 17.2 Å². The fourth-order valence-corrected chi connectivity index (χ4v) is 3.90. The Kier molecular flexibility index (Phi) is 8.63. The molecule has 1 saturated heterocycles. The van der Waals surface area contributed by atoms with Crippen LogP contribution < -0.4 is 20.7 Å². The summed E-state index contributed by atoms with van der Waals surface area (Å²) >= 11 is 0. The van der Waals surface area contributed by atoms with Crippen LogP contribution in [0.3, 0.4) is 0 Å². The number of alkyl halides is 1. The van der Waals surface area contributed by atoms with E-state index in [1.165, 1.54) is 0 Å². The Labute approximate surface area is 200 Å². The first-order valence-electron chi connectivity index (χ1n) is 11.5. The number of nitrogen functional groups attached to an aromatic ring is 1. The molecule has 0 unspecified atom stereocenters. The van der Waals surface area contributed by atoms with Crippen molar-refractivity contribution < 1.29 is 9.13 Å². The van der Waals surface area contributed by atoms with Crippen molar-refractivity contribution in [2.45, 2.75) is 26.9 Å². The number of benzene rings is 1. The van der Waals surface area contributed by atoms with E-state index in [4.69, 9.17) is 10.5 Å². The summed E-state index contributed by atoms with van der Waals surface area (Å²) in [6.45, 7) is 5.64. The van der Waals surface area contributed by atoms with Gasteiger partial charge in [-0.3, -0.25) is 0 Å². The highest BCUT2D eigenvalue weighted by Crippen LogP contribution is 2.32. The molecule has 1 aliphatic heterocycles. The largest absolute Gasteiger partial charge is 0.493 e. The zero-order valence-electron chi connectivity index (χ0n) is 19.9. The van der Waals surface area contributed by atoms with Gasteiger partial charge in [-0.05, 0) is 42.8 Å². The second kappa shape index (κ2) is 11.8. The van der Waals surface area contributed by atoms with Crippen molar-refractivity contribution in [2.75, 3.05) is 42.7 Å². The maximum absolute atomic E-state index is 13.8. The Hall–Kier alpha value is -3.86. The van der Waals surface area contributed by atoms with Gasteiger partial charge in [-0.1, -0.05) is 19.9 Å². The molecule has 0 saturated carbocycles. The van der Waals surface area contributed by atoms with Gasteiger partial charge in [0.2, 0.25) is 0 Å².